The number of hydrogen-bond acceptors (Lipinski definition) is 0. The average Bonchev–Trinajstić information content (AvgIpc) is 2.50. The maximum Gasteiger partial charge on any atom is 0.445 e. The lowest BCUT2D eigenvalue weighted by Gasteiger charge is -2.34. The number of hydrogen-bond donors (Lipinski definition) is 0. The minimum absolute atomic E-state index is 0.200. The van der Waals surface area contributed by atoms with Crippen molar-refractivity contribution < 1.29 is 13.2 Å². The highest BCUT2D eigenvalue weighted by Gasteiger charge is 2.54. The topological polar surface area (TPSA) is 0 Å². The van der Waals surface area contributed by atoms with Crippen LogP contribution in [-0.2, 0) is 5.41 Å². The van der Waals surface area contributed by atoms with Crippen molar-refractivity contribution in [3.63, 3.8) is 0 Å². The van der Waals surface area contributed by atoms with Crippen LogP contribution in [0.15, 0.2) is 28.0 Å². The Balaban J connectivity index is 2.66. The zero-order valence-electron chi connectivity index (χ0n) is 11.2. The van der Waals surface area contributed by atoms with Gasteiger partial charge in [-0.05, 0) is 60.4 Å². The van der Waals surface area contributed by atoms with E-state index in [-0.39, 0.29) is 15.2 Å². The highest BCUT2D eigenvalue weighted by atomic mass is 35.7. The Kier molecular flexibility index (Phi) is 3.26. The van der Waals surface area contributed by atoms with Crippen LogP contribution in [0.3, 0.4) is 0 Å². The van der Waals surface area contributed by atoms with Gasteiger partial charge in [0.05, 0.1) is 0 Å². The first-order chi connectivity index (χ1) is 8.48. The molecule has 1 aliphatic rings. The van der Waals surface area contributed by atoms with Crippen molar-refractivity contribution in [2.45, 2.75) is 43.5 Å². The van der Waals surface area contributed by atoms with E-state index in [2.05, 4.69) is 0 Å². The van der Waals surface area contributed by atoms with E-state index in [0.29, 0.717) is 5.56 Å². The van der Waals surface area contributed by atoms with Gasteiger partial charge in [-0.1, -0.05) is 32.9 Å². The van der Waals surface area contributed by atoms with E-state index in [0.717, 1.165) is 5.56 Å². The van der Waals surface area contributed by atoms with Crippen LogP contribution in [0.25, 0.3) is 6.08 Å². The Morgan fingerprint density at radius 3 is 2.16 bits per heavy atom. The largest absolute Gasteiger partial charge is 0.445 e. The third-order valence-electron chi connectivity index (χ3n) is 3.30. The van der Waals surface area contributed by atoms with Gasteiger partial charge in [-0.2, -0.15) is 13.2 Å². The van der Waals surface area contributed by atoms with Crippen molar-refractivity contribution >= 4 is 26.0 Å². The molecule has 0 fully saturated rings. The molecule has 0 amide bonds. The minimum Gasteiger partial charge on any atom is -0.160 e. The molecule has 106 valence electrons. The van der Waals surface area contributed by atoms with Crippen LogP contribution in [0, 0.1) is 0 Å². The van der Waals surface area contributed by atoms with Crippen LogP contribution in [0.4, 0.5) is 13.2 Å². The maximum absolute atomic E-state index is 13.4. The summed E-state index contributed by atoms with van der Waals surface area (Å²) in [6.07, 6.45) is 1.55. The number of halogens is 4. The summed E-state index contributed by atoms with van der Waals surface area (Å²) in [5.41, 5.74) is -3.16. The van der Waals surface area contributed by atoms with E-state index in [4.69, 9.17) is 10.7 Å². The van der Waals surface area contributed by atoms with Gasteiger partial charge in [0.2, 0.25) is 0 Å². The molecule has 1 aromatic rings. The lowest BCUT2D eigenvalue weighted by Crippen LogP contribution is -2.17. The van der Waals surface area contributed by atoms with E-state index in [1.807, 2.05) is 26.8 Å². The van der Waals surface area contributed by atoms with E-state index >= 15 is 0 Å². The standard InChI is InChI=1S/C14H16ClF3S/c1-9-7-10-5-6-11(13(2,3)4)8-12(10)19(9,15)14(16,17)18/h5-8H,1-4H3. The van der Waals surface area contributed by atoms with Gasteiger partial charge in [0.25, 0.3) is 0 Å². The van der Waals surface area contributed by atoms with Crippen LogP contribution in [0.5, 0.6) is 0 Å². The van der Waals surface area contributed by atoms with Gasteiger partial charge >= 0.3 is 5.51 Å². The summed E-state index contributed by atoms with van der Waals surface area (Å²) in [6.45, 7) is 7.39. The van der Waals surface area contributed by atoms with Crippen LogP contribution in [0.2, 0.25) is 0 Å². The lowest BCUT2D eigenvalue weighted by atomic mass is 9.86. The van der Waals surface area contributed by atoms with Gasteiger partial charge in [-0.15, -0.1) is 0 Å². The lowest BCUT2D eigenvalue weighted by molar-refractivity contribution is -0.0359. The van der Waals surface area contributed by atoms with E-state index in [1.165, 1.54) is 6.92 Å². The molecule has 0 N–H and O–H groups in total. The Labute approximate surface area is 117 Å². The van der Waals surface area contributed by atoms with E-state index < -0.39 is 14.7 Å². The number of alkyl halides is 3. The van der Waals surface area contributed by atoms with Crippen LogP contribution in [0.1, 0.15) is 38.8 Å². The predicted molar refractivity (Wildman–Crippen MR) is 76.6 cm³/mol. The van der Waals surface area contributed by atoms with Gasteiger partial charge in [0.15, 0.2) is 0 Å². The molecule has 0 saturated carbocycles. The molecule has 0 radical (unpaired) electrons. The molecule has 19 heavy (non-hydrogen) atoms. The van der Waals surface area contributed by atoms with Gasteiger partial charge in [0.1, 0.15) is 0 Å². The molecule has 0 aromatic heterocycles. The molecule has 1 aromatic carbocycles. The van der Waals surface area contributed by atoms with Crippen molar-refractivity contribution in [3.05, 3.63) is 34.2 Å². The molecule has 0 bridgehead atoms. The molecule has 0 spiro atoms. The Bertz CT molecular complexity index is 555. The molecule has 2 rings (SSSR count). The molecule has 5 heteroatoms. The van der Waals surface area contributed by atoms with Crippen LogP contribution < -0.4 is 0 Å². The second-order valence-corrected chi connectivity index (χ2v) is 9.75. The number of allylic oxidation sites excluding steroid dienone is 1. The summed E-state index contributed by atoms with van der Waals surface area (Å²) in [5.74, 6) is 0. The monoisotopic (exact) mass is 308 g/mol. The first kappa shape index (κ1) is 14.8. The molecule has 1 unspecified atom stereocenters. The molecule has 1 aliphatic heterocycles. The highest BCUT2D eigenvalue weighted by Crippen LogP contribution is 2.79. The second-order valence-electron chi connectivity index (χ2n) is 5.74. The van der Waals surface area contributed by atoms with Crippen molar-refractivity contribution in [1.82, 2.24) is 0 Å². The molecule has 1 heterocycles. The molecule has 1 atom stereocenters. The number of rotatable bonds is 0. The van der Waals surface area contributed by atoms with Crippen molar-refractivity contribution in [3.8, 4) is 0 Å². The third kappa shape index (κ3) is 2.19. The van der Waals surface area contributed by atoms with E-state index in [1.54, 1.807) is 18.2 Å². The predicted octanol–water partition coefficient (Wildman–Crippen LogP) is 6.20. The summed E-state index contributed by atoms with van der Waals surface area (Å²) < 4.78 is 40.1. The zero-order chi connectivity index (χ0) is 14.6. The smallest absolute Gasteiger partial charge is 0.160 e. The Hall–Kier alpha value is -0.610. The molecule has 0 aliphatic carbocycles. The quantitative estimate of drug-likeness (QED) is 0.535. The van der Waals surface area contributed by atoms with Crippen molar-refractivity contribution in [2.75, 3.05) is 0 Å². The summed E-state index contributed by atoms with van der Waals surface area (Å²) in [5, 5.41) is 0. The first-order valence-corrected chi connectivity index (χ1v) is 8.36. The fourth-order valence-corrected chi connectivity index (χ4v) is 4.67. The van der Waals surface area contributed by atoms with Gasteiger partial charge in [0, 0.05) is 4.90 Å². The molecular formula is C14H16ClF3S. The van der Waals surface area contributed by atoms with Gasteiger partial charge in [-0.25, -0.2) is 0 Å². The first-order valence-electron chi connectivity index (χ1n) is 5.90. The SMILES string of the molecule is CC1=Cc2ccc(C(C)(C)C)cc2S1(Cl)C(F)(F)F. The molecule has 0 saturated heterocycles. The van der Waals surface area contributed by atoms with E-state index in [9.17, 15) is 13.2 Å². The minimum atomic E-state index is -4.42. The fourth-order valence-electron chi connectivity index (χ4n) is 2.14. The Morgan fingerprint density at radius 1 is 1.11 bits per heavy atom. The zero-order valence-corrected chi connectivity index (χ0v) is 12.8. The summed E-state index contributed by atoms with van der Waals surface area (Å²) in [4.78, 5) is 0.439. The van der Waals surface area contributed by atoms with Crippen LogP contribution in [-0.4, -0.2) is 5.51 Å². The second kappa shape index (κ2) is 4.19. The summed E-state index contributed by atoms with van der Waals surface area (Å²) in [6, 6.07) is 5.24. The highest BCUT2D eigenvalue weighted by molar-refractivity contribution is 8.54. The third-order valence-corrected chi connectivity index (χ3v) is 7.66. The summed E-state index contributed by atoms with van der Waals surface area (Å²) in [7, 11) is 2.63. The number of benzene rings is 1. The van der Waals surface area contributed by atoms with Crippen molar-refractivity contribution in [2.24, 2.45) is 0 Å². The molecule has 0 nitrogen and oxygen atoms in total. The van der Waals surface area contributed by atoms with Crippen LogP contribution >= 0.6 is 19.9 Å². The fraction of sp³-hybridized carbons (Fsp3) is 0.429. The Morgan fingerprint density at radius 2 is 1.68 bits per heavy atom. The number of fused-ring (bicyclic) bond motifs is 1. The summed E-state index contributed by atoms with van der Waals surface area (Å²) >= 11 is 0. The van der Waals surface area contributed by atoms with Crippen molar-refractivity contribution in [1.29, 1.82) is 0 Å². The normalized spacial score (nSPS) is 26.6. The maximum atomic E-state index is 13.4. The average molecular weight is 309 g/mol. The van der Waals surface area contributed by atoms with Gasteiger partial charge in [-0.3, -0.25) is 0 Å². The van der Waals surface area contributed by atoms with Gasteiger partial charge < -0.3 is 0 Å². The molecular weight excluding hydrogens is 293 g/mol.